The molecule has 2 N–H and O–H groups in total. The highest BCUT2D eigenvalue weighted by molar-refractivity contribution is 5.78. The van der Waals surface area contributed by atoms with E-state index in [1.807, 2.05) is 0 Å². The number of carbonyl (C=O) groups excluding carboxylic acids is 1. The van der Waals surface area contributed by atoms with Gasteiger partial charge in [-0.15, -0.1) is 0 Å². The molecule has 2 unspecified atom stereocenters. The molecule has 2 amide bonds. The second-order valence-electron chi connectivity index (χ2n) is 5.79. The van der Waals surface area contributed by atoms with Gasteiger partial charge in [0.05, 0.1) is 24.0 Å². The number of hydrogen-bond acceptors (Lipinski definition) is 3. The number of amides is 2. The van der Waals surface area contributed by atoms with Gasteiger partial charge >= 0.3 is 18.2 Å². The number of carbonyl (C=O) groups is 2. The van der Waals surface area contributed by atoms with Crippen LogP contribution in [-0.2, 0) is 9.53 Å². The van der Waals surface area contributed by atoms with Crippen molar-refractivity contribution >= 4 is 12.0 Å². The number of aliphatic carboxylic acids is 1. The summed E-state index contributed by atoms with van der Waals surface area (Å²) in [5.41, 5.74) is 0. The third-order valence-electron chi connectivity index (χ3n) is 4.22. The topological polar surface area (TPSA) is 78.9 Å². The average Bonchev–Trinajstić information content (AvgIpc) is 3.07. The van der Waals surface area contributed by atoms with Crippen LogP contribution in [0.15, 0.2) is 0 Å². The maximum Gasteiger partial charge on any atom is 0.394 e. The van der Waals surface area contributed by atoms with Crippen molar-refractivity contribution in [1.29, 1.82) is 0 Å². The Bertz CT molecular complexity index is 437. The van der Waals surface area contributed by atoms with E-state index in [1.165, 1.54) is 0 Å². The minimum atomic E-state index is -4.64. The van der Waals surface area contributed by atoms with Gasteiger partial charge in [0, 0.05) is 19.7 Å². The first-order chi connectivity index (χ1) is 10.2. The molecule has 2 fully saturated rings. The van der Waals surface area contributed by atoms with Crippen LogP contribution in [0.2, 0.25) is 0 Å². The number of rotatable bonds is 3. The zero-order valence-corrected chi connectivity index (χ0v) is 12.1. The Morgan fingerprint density at radius 3 is 2.50 bits per heavy atom. The fourth-order valence-corrected chi connectivity index (χ4v) is 2.93. The summed E-state index contributed by atoms with van der Waals surface area (Å²) >= 11 is 0. The van der Waals surface area contributed by atoms with E-state index in [9.17, 15) is 22.8 Å². The highest BCUT2D eigenvalue weighted by Crippen LogP contribution is 2.37. The van der Waals surface area contributed by atoms with Crippen molar-refractivity contribution in [3.63, 3.8) is 0 Å². The van der Waals surface area contributed by atoms with Gasteiger partial charge in [-0.05, 0) is 19.8 Å². The summed E-state index contributed by atoms with van der Waals surface area (Å²) in [4.78, 5) is 24.0. The van der Waals surface area contributed by atoms with Gasteiger partial charge in [-0.25, -0.2) is 4.79 Å². The molecular weight excluding hydrogens is 305 g/mol. The van der Waals surface area contributed by atoms with Crippen molar-refractivity contribution in [1.82, 2.24) is 10.2 Å². The Morgan fingerprint density at radius 2 is 2.05 bits per heavy atom. The molecule has 0 aromatic heterocycles. The molecule has 0 aliphatic carbocycles. The lowest BCUT2D eigenvalue weighted by Gasteiger charge is -2.24. The van der Waals surface area contributed by atoms with Crippen LogP contribution in [-0.4, -0.2) is 60.0 Å². The maximum atomic E-state index is 12.9. The van der Waals surface area contributed by atoms with Crippen LogP contribution < -0.4 is 5.32 Å². The lowest BCUT2D eigenvalue weighted by Crippen LogP contribution is -2.47. The molecule has 22 heavy (non-hydrogen) atoms. The summed E-state index contributed by atoms with van der Waals surface area (Å²) in [6.45, 7) is 1.25. The zero-order chi connectivity index (χ0) is 16.5. The van der Waals surface area contributed by atoms with Crippen molar-refractivity contribution in [2.75, 3.05) is 19.7 Å². The number of nitrogens with zero attached hydrogens (tertiary/aromatic N) is 1. The van der Waals surface area contributed by atoms with Gasteiger partial charge in [-0.3, -0.25) is 4.79 Å². The maximum absolute atomic E-state index is 12.9. The smallest absolute Gasteiger partial charge is 0.394 e. The number of carboxylic acids is 1. The molecule has 2 rings (SSSR count). The minimum absolute atomic E-state index is 0.153. The van der Waals surface area contributed by atoms with E-state index >= 15 is 0 Å². The summed E-state index contributed by atoms with van der Waals surface area (Å²) in [7, 11) is 0. The van der Waals surface area contributed by atoms with Crippen LogP contribution in [0, 0.1) is 11.8 Å². The van der Waals surface area contributed by atoms with Crippen LogP contribution in [0.4, 0.5) is 18.0 Å². The third kappa shape index (κ3) is 3.63. The van der Waals surface area contributed by atoms with E-state index in [2.05, 4.69) is 5.32 Å². The normalized spacial score (nSPS) is 30.4. The van der Waals surface area contributed by atoms with Crippen molar-refractivity contribution in [3.05, 3.63) is 0 Å². The predicted octanol–water partition coefficient (Wildman–Crippen LogP) is 1.46. The number of nitrogens with one attached hydrogen (secondary N) is 1. The molecule has 2 aliphatic rings. The van der Waals surface area contributed by atoms with Crippen molar-refractivity contribution in [2.45, 2.75) is 38.1 Å². The molecule has 2 heterocycles. The van der Waals surface area contributed by atoms with Crippen LogP contribution in [0.25, 0.3) is 0 Å². The second kappa shape index (κ2) is 6.31. The quantitative estimate of drug-likeness (QED) is 0.824. The number of carboxylic acid groups (broad SMARTS) is 1. The number of urea groups is 1. The van der Waals surface area contributed by atoms with Crippen LogP contribution >= 0.6 is 0 Å². The van der Waals surface area contributed by atoms with E-state index in [-0.39, 0.29) is 12.1 Å². The molecule has 0 bridgehead atoms. The van der Waals surface area contributed by atoms with E-state index in [0.29, 0.717) is 6.61 Å². The highest BCUT2D eigenvalue weighted by atomic mass is 19.4. The van der Waals surface area contributed by atoms with E-state index in [4.69, 9.17) is 9.84 Å². The Kier molecular flexibility index (Phi) is 4.84. The molecule has 0 aromatic rings. The summed E-state index contributed by atoms with van der Waals surface area (Å²) < 4.78 is 44.0. The molecule has 0 radical (unpaired) electrons. The number of alkyl halides is 3. The first-order valence-corrected chi connectivity index (χ1v) is 7.16. The fourth-order valence-electron chi connectivity index (χ4n) is 2.93. The summed E-state index contributed by atoms with van der Waals surface area (Å²) in [6, 6.07) is -1.01. The Labute approximate surface area is 125 Å². The van der Waals surface area contributed by atoms with Gasteiger partial charge in [0.2, 0.25) is 0 Å². The average molecular weight is 324 g/mol. The zero-order valence-electron chi connectivity index (χ0n) is 12.1. The fraction of sp³-hybridized carbons (Fsp3) is 0.846. The second-order valence-corrected chi connectivity index (χ2v) is 5.79. The number of ether oxygens (including phenoxy) is 1. The van der Waals surface area contributed by atoms with Gasteiger partial charge in [0.1, 0.15) is 0 Å². The predicted molar refractivity (Wildman–Crippen MR) is 69.2 cm³/mol. The first-order valence-electron chi connectivity index (χ1n) is 7.16. The van der Waals surface area contributed by atoms with Crippen molar-refractivity contribution in [3.8, 4) is 0 Å². The Balaban J connectivity index is 1.97. The van der Waals surface area contributed by atoms with E-state index in [1.54, 1.807) is 6.92 Å². The van der Waals surface area contributed by atoms with Crippen LogP contribution in [0.1, 0.15) is 19.8 Å². The summed E-state index contributed by atoms with van der Waals surface area (Å²) in [6.07, 6.45) is -3.13. The summed E-state index contributed by atoms with van der Waals surface area (Å²) in [5, 5.41) is 11.5. The highest BCUT2D eigenvalue weighted by Gasteiger charge is 2.53. The molecule has 0 aromatic carbocycles. The van der Waals surface area contributed by atoms with Crippen LogP contribution in [0.5, 0.6) is 0 Å². The molecule has 6 nitrogen and oxygen atoms in total. The number of hydrogen-bond donors (Lipinski definition) is 2. The van der Waals surface area contributed by atoms with Gasteiger partial charge in [-0.2, -0.15) is 13.2 Å². The van der Waals surface area contributed by atoms with Gasteiger partial charge < -0.3 is 20.1 Å². The molecule has 9 heteroatoms. The Hall–Kier alpha value is -1.51. The molecule has 126 valence electrons. The molecule has 2 aliphatic heterocycles. The molecular formula is C13H19F3N2O4. The number of likely N-dealkylation sites (tertiary alicyclic amines) is 1. The Morgan fingerprint density at radius 1 is 1.36 bits per heavy atom. The van der Waals surface area contributed by atoms with Crippen molar-refractivity contribution in [2.24, 2.45) is 11.8 Å². The van der Waals surface area contributed by atoms with Gasteiger partial charge in [0.25, 0.3) is 0 Å². The lowest BCUT2D eigenvalue weighted by molar-refractivity contribution is -0.187. The minimum Gasteiger partial charge on any atom is -0.481 e. The first kappa shape index (κ1) is 16.9. The van der Waals surface area contributed by atoms with Gasteiger partial charge in [0.15, 0.2) is 0 Å². The third-order valence-corrected chi connectivity index (χ3v) is 4.22. The SMILES string of the molecule is CC(NC(=O)N1C[C@@H](C(F)(F)F)[C@H](C(=O)O)C1)C1CCCO1. The summed E-state index contributed by atoms with van der Waals surface area (Å²) in [5.74, 6) is -5.19. The monoisotopic (exact) mass is 324 g/mol. The largest absolute Gasteiger partial charge is 0.481 e. The standard InChI is InChI=1S/C13H19F3N2O4/c1-7(10-3-2-4-22-10)17-12(21)18-5-8(11(19)20)9(6-18)13(14,15)16/h7-10H,2-6H2,1H3,(H,17,21)(H,19,20)/t7?,8-,9-,10?/m1/s1. The molecule has 0 saturated carbocycles. The molecule has 2 saturated heterocycles. The van der Waals surface area contributed by atoms with E-state index < -0.39 is 43.1 Å². The van der Waals surface area contributed by atoms with Gasteiger partial charge in [-0.1, -0.05) is 0 Å². The molecule has 0 spiro atoms. The molecule has 4 atom stereocenters. The van der Waals surface area contributed by atoms with Crippen molar-refractivity contribution < 1.29 is 32.6 Å². The van der Waals surface area contributed by atoms with E-state index in [0.717, 1.165) is 17.7 Å². The van der Waals surface area contributed by atoms with Crippen LogP contribution in [0.3, 0.4) is 0 Å². The number of halogens is 3. The lowest BCUT2D eigenvalue weighted by atomic mass is 9.96.